The molecule has 0 amide bonds. The molecule has 3 atom stereocenters. The first-order valence-electron chi connectivity index (χ1n) is 5.98. The largest absolute Gasteiger partial charge is 0.480 e. The molecule has 3 unspecified atom stereocenters. The SMILES string of the molecule is NC1CCCCC1NC1(C(=O)O)CCSC1. The number of aliphatic carboxylic acids is 1. The first-order chi connectivity index (χ1) is 7.64. The van der Waals surface area contributed by atoms with E-state index in [4.69, 9.17) is 5.73 Å². The summed E-state index contributed by atoms with van der Waals surface area (Å²) < 4.78 is 0. The van der Waals surface area contributed by atoms with Gasteiger partial charge in [0.2, 0.25) is 0 Å². The lowest BCUT2D eigenvalue weighted by Crippen LogP contribution is -2.61. The quantitative estimate of drug-likeness (QED) is 0.685. The van der Waals surface area contributed by atoms with Gasteiger partial charge in [-0.3, -0.25) is 10.1 Å². The average Bonchev–Trinajstić information content (AvgIpc) is 2.71. The zero-order chi connectivity index (χ0) is 11.6. The smallest absolute Gasteiger partial charge is 0.324 e. The molecule has 4 nitrogen and oxygen atoms in total. The summed E-state index contributed by atoms with van der Waals surface area (Å²) in [6, 6.07) is 0.305. The Kier molecular flexibility index (Phi) is 3.77. The Labute approximate surface area is 100 Å². The molecule has 0 spiro atoms. The summed E-state index contributed by atoms with van der Waals surface area (Å²) in [5.74, 6) is 0.891. The highest BCUT2D eigenvalue weighted by molar-refractivity contribution is 7.99. The Bertz CT molecular complexity index is 267. The van der Waals surface area contributed by atoms with E-state index in [1.165, 1.54) is 6.42 Å². The van der Waals surface area contributed by atoms with Gasteiger partial charge in [-0.05, 0) is 25.0 Å². The zero-order valence-electron chi connectivity index (χ0n) is 9.45. The van der Waals surface area contributed by atoms with E-state index in [1.54, 1.807) is 11.8 Å². The lowest BCUT2D eigenvalue weighted by atomic mass is 9.87. The second kappa shape index (κ2) is 4.94. The topological polar surface area (TPSA) is 75.3 Å². The molecule has 16 heavy (non-hydrogen) atoms. The molecule has 0 radical (unpaired) electrons. The van der Waals surface area contributed by atoms with Crippen molar-refractivity contribution in [2.75, 3.05) is 11.5 Å². The van der Waals surface area contributed by atoms with Gasteiger partial charge in [0.15, 0.2) is 0 Å². The number of nitrogens with two attached hydrogens (primary N) is 1. The van der Waals surface area contributed by atoms with Gasteiger partial charge in [-0.15, -0.1) is 0 Å². The summed E-state index contributed by atoms with van der Waals surface area (Å²) in [5.41, 5.74) is 5.34. The van der Waals surface area contributed by atoms with E-state index in [-0.39, 0.29) is 12.1 Å². The summed E-state index contributed by atoms with van der Waals surface area (Å²) in [6.07, 6.45) is 5.08. The molecule has 1 heterocycles. The van der Waals surface area contributed by atoms with Gasteiger partial charge < -0.3 is 10.8 Å². The van der Waals surface area contributed by atoms with Gasteiger partial charge in [0, 0.05) is 17.8 Å². The first-order valence-corrected chi connectivity index (χ1v) is 7.14. The van der Waals surface area contributed by atoms with Crippen molar-refractivity contribution in [1.82, 2.24) is 5.32 Å². The van der Waals surface area contributed by atoms with Crippen molar-refractivity contribution in [2.24, 2.45) is 5.73 Å². The van der Waals surface area contributed by atoms with Crippen LogP contribution in [0.3, 0.4) is 0 Å². The fourth-order valence-corrected chi connectivity index (χ4v) is 3.94. The molecular formula is C11H20N2O2S. The Balaban J connectivity index is 2.02. The predicted molar refractivity (Wildman–Crippen MR) is 65.7 cm³/mol. The van der Waals surface area contributed by atoms with E-state index in [0.717, 1.165) is 31.4 Å². The Hall–Kier alpha value is -0.260. The number of hydrogen-bond donors (Lipinski definition) is 3. The average molecular weight is 244 g/mol. The fourth-order valence-electron chi connectivity index (χ4n) is 2.60. The molecule has 92 valence electrons. The number of carbonyl (C=O) groups is 1. The molecule has 0 aromatic carbocycles. The summed E-state index contributed by atoms with van der Waals surface area (Å²) in [7, 11) is 0. The first kappa shape index (κ1) is 12.2. The maximum absolute atomic E-state index is 11.4. The molecule has 2 aliphatic rings. The summed E-state index contributed by atoms with van der Waals surface area (Å²) in [6.45, 7) is 0. The molecular weight excluding hydrogens is 224 g/mol. The van der Waals surface area contributed by atoms with Gasteiger partial charge in [-0.2, -0.15) is 11.8 Å². The highest BCUT2D eigenvalue weighted by atomic mass is 32.2. The van der Waals surface area contributed by atoms with Crippen LogP contribution >= 0.6 is 11.8 Å². The molecule has 1 saturated heterocycles. The maximum atomic E-state index is 11.4. The summed E-state index contributed by atoms with van der Waals surface area (Å²) >= 11 is 1.72. The van der Waals surface area contributed by atoms with Crippen molar-refractivity contribution in [1.29, 1.82) is 0 Å². The van der Waals surface area contributed by atoms with Gasteiger partial charge >= 0.3 is 5.97 Å². The van der Waals surface area contributed by atoms with Gasteiger partial charge in [-0.1, -0.05) is 12.8 Å². The van der Waals surface area contributed by atoms with Crippen molar-refractivity contribution < 1.29 is 9.90 Å². The van der Waals surface area contributed by atoms with Crippen LogP contribution in [0.15, 0.2) is 0 Å². The second-order valence-electron chi connectivity index (χ2n) is 4.89. The zero-order valence-corrected chi connectivity index (χ0v) is 10.3. The number of hydrogen-bond acceptors (Lipinski definition) is 4. The van der Waals surface area contributed by atoms with E-state index >= 15 is 0 Å². The van der Waals surface area contributed by atoms with Crippen LogP contribution in [0.5, 0.6) is 0 Å². The number of nitrogens with one attached hydrogen (secondary N) is 1. The van der Waals surface area contributed by atoms with Gasteiger partial charge in [0.05, 0.1) is 0 Å². The molecule has 1 saturated carbocycles. The predicted octanol–water partition coefficient (Wildman–Crippen LogP) is 0.806. The number of rotatable bonds is 3. The Morgan fingerprint density at radius 2 is 2.19 bits per heavy atom. The van der Waals surface area contributed by atoms with Crippen LogP contribution in [0.1, 0.15) is 32.1 Å². The van der Waals surface area contributed by atoms with Gasteiger partial charge in [0.25, 0.3) is 0 Å². The Morgan fingerprint density at radius 3 is 2.75 bits per heavy atom. The van der Waals surface area contributed by atoms with Crippen molar-refractivity contribution >= 4 is 17.7 Å². The molecule has 2 fully saturated rings. The third-order valence-electron chi connectivity index (χ3n) is 3.71. The minimum Gasteiger partial charge on any atom is -0.480 e. The van der Waals surface area contributed by atoms with Crippen LogP contribution in [0, 0.1) is 0 Å². The van der Waals surface area contributed by atoms with Crippen LogP contribution in [0.4, 0.5) is 0 Å². The molecule has 4 N–H and O–H groups in total. The van der Waals surface area contributed by atoms with E-state index in [1.807, 2.05) is 0 Å². The van der Waals surface area contributed by atoms with Crippen molar-refractivity contribution in [3.8, 4) is 0 Å². The molecule has 1 aliphatic heterocycles. The van der Waals surface area contributed by atoms with Crippen molar-refractivity contribution in [3.05, 3.63) is 0 Å². The van der Waals surface area contributed by atoms with Crippen LogP contribution in [-0.2, 0) is 4.79 Å². The summed E-state index contributed by atoms with van der Waals surface area (Å²) in [5, 5.41) is 12.7. The van der Waals surface area contributed by atoms with Gasteiger partial charge in [-0.25, -0.2) is 0 Å². The molecule has 0 bridgehead atoms. The number of carboxylic acid groups (broad SMARTS) is 1. The van der Waals surface area contributed by atoms with Crippen molar-refractivity contribution in [3.63, 3.8) is 0 Å². The lowest BCUT2D eigenvalue weighted by molar-refractivity contribution is -0.144. The summed E-state index contributed by atoms with van der Waals surface area (Å²) in [4.78, 5) is 11.4. The lowest BCUT2D eigenvalue weighted by Gasteiger charge is -2.36. The van der Waals surface area contributed by atoms with E-state index in [2.05, 4.69) is 5.32 Å². The second-order valence-corrected chi connectivity index (χ2v) is 5.99. The molecule has 0 aromatic rings. The van der Waals surface area contributed by atoms with Crippen LogP contribution in [-0.4, -0.2) is 40.2 Å². The minimum absolute atomic E-state index is 0.121. The third-order valence-corrected chi connectivity index (χ3v) is 4.90. The molecule has 5 heteroatoms. The monoisotopic (exact) mass is 244 g/mol. The van der Waals surface area contributed by atoms with E-state index < -0.39 is 11.5 Å². The van der Waals surface area contributed by atoms with E-state index in [9.17, 15) is 9.90 Å². The fraction of sp³-hybridized carbons (Fsp3) is 0.909. The van der Waals surface area contributed by atoms with Crippen LogP contribution in [0.25, 0.3) is 0 Å². The van der Waals surface area contributed by atoms with Gasteiger partial charge in [0.1, 0.15) is 5.54 Å². The van der Waals surface area contributed by atoms with Crippen LogP contribution in [0.2, 0.25) is 0 Å². The molecule has 0 aromatic heterocycles. The highest BCUT2D eigenvalue weighted by Gasteiger charge is 2.44. The Morgan fingerprint density at radius 1 is 1.44 bits per heavy atom. The van der Waals surface area contributed by atoms with E-state index in [0.29, 0.717) is 5.75 Å². The number of carboxylic acids is 1. The molecule has 1 aliphatic carbocycles. The third kappa shape index (κ3) is 2.36. The molecule has 2 rings (SSSR count). The maximum Gasteiger partial charge on any atom is 0.324 e. The standard InChI is InChI=1S/C11H20N2O2S/c12-8-3-1-2-4-9(8)13-11(10(14)15)5-6-16-7-11/h8-9,13H,1-7,12H2,(H,14,15). The normalized spacial score (nSPS) is 39.8. The highest BCUT2D eigenvalue weighted by Crippen LogP contribution is 2.30. The number of thioether (sulfide) groups is 1. The van der Waals surface area contributed by atoms with Crippen LogP contribution < -0.4 is 11.1 Å². The van der Waals surface area contributed by atoms with Crippen molar-refractivity contribution in [2.45, 2.75) is 49.7 Å². The minimum atomic E-state index is -0.718.